The first kappa shape index (κ1) is 11.1. The minimum Gasteiger partial charge on any atom is -0.462 e. The summed E-state index contributed by atoms with van der Waals surface area (Å²) in [5.74, 6) is -0.263. The molecule has 0 amide bonds. The molecule has 0 aromatic heterocycles. The van der Waals surface area contributed by atoms with E-state index in [1.165, 1.54) is 0 Å². The van der Waals surface area contributed by atoms with Crippen molar-refractivity contribution in [3.63, 3.8) is 0 Å². The van der Waals surface area contributed by atoms with E-state index in [2.05, 4.69) is 10.6 Å². The molecule has 16 heavy (non-hydrogen) atoms. The van der Waals surface area contributed by atoms with Gasteiger partial charge in [-0.3, -0.25) is 10.6 Å². The maximum atomic E-state index is 11.4. The molecule has 1 aliphatic rings. The van der Waals surface area contributed by atoms with E-state index in [1.807, 2.05) is 12.1 Å². The maximum Gasteiger partial charge on any atom is 0.338 e. The number of carbonyl (C=O) groups excluding carboxylic acids is 1. The van der Waals surface area contributed by atoms with Gasteiger partial charge in [-0.1, -0.05) is 12.1 Å². The first-order valence-electron chi connectivity index (χ1n) is 5.55. The van der Waals surface area contributed by atoms with Gasteiger partial charge < -0.3 is 4.74 Å². The van der Waals surface area contributed by atoms with E-state index in [0.717, 1.165) is 18.7 Å². The standard InChI is InChI=1S/C12H16N2O2/c1-2-16-12(15)10-5-3-9(4-6-10)11-13-7-8-14-11/h3-6,11,13-14H,2,7-8H2,1H3. The van der Waals surface area contributed by atoms with Crippen LogP contribution in [0.5, 0.6) is 0 Å². The largest absolute Gasteiger partial charge is 0.462 e. The van der Waals surface area contributed by atoms with Crippen LogP contribution in [0.25, 0.3) is 0 Å². The molecule has 0 radical (unpaired) electrons. The Bertz CT molecular complexity index is 356. The summed E-state index contributed by atoms with van der Waals surface area (Å²) in [5.41, 5.74) is 1.74. The average molecular weight is 220 g/mol. The molecule has 0 atom stereocenters. The van der Waals surface area contributed by atoms with Crippen LogP contribution in [-0.4, -0.2) is 25.7 Å². The second-order valence-electron chi connectivity index (χ2n) is 3.68. The predicted octanol–water partition coefficient (Wildman–Crippen LogP) is 1.05. The molecule has 4 nitrogen and oxygen atoms in total. The third-order valence-corrected chi connectivity index (χ3v) is 2.58. The van der Waals surface area contributed by atoms with Crippen LogP contribution in [-0.2, 0) is 4.74 Å². The van der Waals surface area contributed by atoms with Gasteiger partial charge in [0.05, 0.1) is 18.3 Å². The van der Waals surface area contributed by atoms with Crippen molar-refractivity contribution in [1.82, 2.24) is 10.6 Å². The van der Waals surface area contributed by atoms with Crippen LogP contribution in [0, 0.1) is 0 Å². The summed E-state index contributed by atoms with van der Waals surface area (Å²) in [6.07, 6.45) is 0.205. The SMILES string of the molecule is CCOC(=O)c1ccc(C2NCCN2)cc1. The van der Waals surface area contributed by atoms with E-state index < -0.39 is 0 Å². The van der Waals surface area contributed by atoms with Gasteiger partial charge in [0.15, 0.2) is 0 Å². The molecule has 1 fully saturated rings. The van der Waals surface area contributed by atoms with E-state index in [4.69, 9.17) is 4.74 Å². The molecule has 1 heterocycles. The number of esters is 1. The summed E-state index contributed by atoms with van der Waals surface area (Å²) in [4.78, 5) is 11.4. The van der Waals surface area contributed by atoms with Crippen molar-refractivity contribution < 1.29 is 9.53 Å². The first-order chi connectivity index (χ1) is 7.81. The normalized spacial score (nSPS) is 16.3. The van der Waals surface area contributed by atoms with Crippen LogP contribution in [0.15, 0.2) is 24.3 Å². The predicted molar refractivity (Wildman–Crippen MR) is 61.1 cm³/mol. The van der Waals surface area contributed by atoms with E-state index in [-0.39, 0.29) is 12.1 Å². The molecule has 1 aliphatic heterocycles. The molecule has 1 aromatic rings. The van der Waals surface area contributed by atoms with Crippen LogP contribution in [0.3, 0.4) is 0 Å². The molecule has 0 saturated carbocycles. The zero-order valence-electron chi connectivity index (χ0n) is 9.32. The molecule has 0 unspecified atom stereocenters. The monoisotopic (exact) mass is 220 g/mol. The molecule has 86 valence electrons. The fourth-order valence-corrected chi connectivity index (χ4v) is 1.77. The van der Waals surface area contributed by atoms with Gasteiger partial charge in [0.2, 0.25) is 0 Å². The van der Waals surface area contributed by atoms with Crippen LogP contribution in [0.1, 0.15) is 29.0 Å². The van der Waals surface area contributed by atoms with E-state index in [0.29, 0.717) is 12.2 Å². The fourth-order valence-electron chi connectivity index (χ4n) is 1.77. The summed E-state index contributed by atoms with van der Waals surface area (Å²) >= 11 is 0. The van der Waals surface area contributed by atoms with Crippen LogP contribution in [0.4, 0.5) is 0 Å². The highest BCUT2D eigenvalue weighted by atomic mass is 16.5. The Balaban J connectivity index is 2.06. The van der Waals surface area contributed by atoms with Crippen LogP contribution < -0.4 is 10.6 Å². The van der Waals surface area contributed by atoms with Gasteiger partial charge in [-0.2, -0.15) is 0 Å². The third-order valence-electron chi connectivity index (χ3n) is 2.58. The third kappa shape index (κ3) is 2.40. The lowest BCUT2D eigenvalue weighted by atomic mass is 10.1. The second kappa shape index (κ2) is 5.09. The Morgan fingerprint density at radius 1 is 1.31 bits per heavy atom. The van der Waals surface area contributed by atoms with Gasteiger partial charge in [-0.25, -0.2) is 4.79 Å². The van der Waals surface area contributed by atoms with E-state index >= 15 is 0 Å². The highest BCUT2D eigenvalue weighted by Gasteiger charge is 2.15. The van der Waals surface area contributed by atoms with Crippen LogP contribution in [0.2, 0.25) is 0 Å². The molecular formula is C12H16N2O2. The van der Waals surface area contributed by atoms with Gasteiger partial charge in [-0.05, 0) is 24.6 Å². The zero-order chi connectivity index (χ0) is 11.4. The Labute approximate surface area is 95.0 Å². The molecule has 4 heteroatoms. The minimum atomic E-state index is -0.263. The summed E-state index contributed by atoms with van der Waals surface area (Å²) in [7, 11) is 0. The number of hydrogen-bond acceptors (Lipinski definition) is 4. The van der Waals surface area contributed by atoms with Crippen molar-refractivity contribution in [3.8, 4) is 0 Å². The summed E-state index contributed by atoms with van der Waals surface area (Å²) in [5, 5.41) is 6.64. The Hall–Kier alpha value is -1.39. The Kier molecular flexibility index (Phi) is 3.54. The Morgan fingerprint density at radius 2 is 1.94 bits per heavy atom. The van der Waals surface area contributed by atoms with Gasteiger partial charge in [0, 0.05) is 13.1 Å². The number of nitrogens with one attached hydrogen (secondary N) is 2. The van der Waals surface area contributed by atoms with Gasteiger partial charge in [0.25, 0.3) is 0 Å². The molecule has 0 spiro atoms. The minimum absolute atomic E-state index is 0.205. The number of rotatable bonds is 3. The van der Waals surface area contributed by atoms with Crippen molar-refractivity contribution in [3.05, 3.63) is 35.4 Å². The van der Waals surface area contributed by atoms with Gasteiger partial charge in [0.1, 0.15) is 0 Å². The summed E-state index contributed by atoms with van der Waals surface area (Å²) in [6, 6.07) is 7.49. The number of ether oxygens (including phenoxy) is 1. The topological polar surface area (TPSA) is 50.4 Å². The van der Waals surface area contributed by atoms with Crippen molar-refractivity contribution in [2.45, 2.75) is 13.1 Å². The summed E-state index contributed by atoms with van der Waals surface area (Å²) in [6.45, 7) is 4.17. The Morgan fingerprint density at radius 3 is 2.50 bits per heavy atom. The molecule has 1 saturated heterocycles. The number of hydrogen-bond donors (Lipinski definition) is 2. The highest BCUT2D eigenvalue weighted by molar-refractivity contribution is 5.89. The van der Waals surface area contributed by atoms with Crippen molar-refractivity contribution in [2.24, 2.45) is 0 Å². The molecule has 2 N–H and O–H groups in total. The lowest BCUT2D eigenvalue weighted by Crippen LogP contribution is -2.21. The highest BCUT2D eigenvalue weighted by Crippen LogP contribution is 2.14. The molecular weight excluding hydrogens is 204 g/mol. The average Bonchev–Trinajstić information content (AvgIpc) is 2.83. The lowest BCUT2D eigenvalue weighted by molar-refractivity contribution is 0.0526. The van der Waals surface area contributed by atoms with Crippen LogP contribution >= 0.6 is 0 Å². The second-order valence-corrected chi connectivity index (χ2v) is 3.68. The molecule has 0 aliphatic carbocycles. The molecule has 1 aromatic carbocycles. The van der Waals surface area contributed by atoms with Crippen molar-refractivity contribution >= 4 is 5.97 Å². The zero-order valence-corrected chi connectivity index (χ0v) is 9.32. The summed E-state index contributed by atoms with van der Waals surface area (Å²) < 4.78 is 4.92. The number of carbonyl (C=O) groups is 1. The molecule has 0 bridgehead atoms. The van der Waals surface area contributed by atoms with Gasteiger partial charge >= 0.3 is 5.97 Å². The maximum absolute atomic E-state index is 11.4. The fraction of sp³-hybridized carbons (Fsp3) is 0.417. The van der Waals surface area contributed by atoms with E-state index in [9.17, 15) is 4.79 Å². The van der Waals surface area contributed by atoms with E-state index in [1.54, 1.807) is 19.1 Å². The first-order valence-corrected chi connectivity index (χ1v) is 5.55. The van der Waals surface area contributed by atoms with Crippen molar-refractivity contribution in [2.75, 3.05) is 19.7 Å². The van der Waals surface area contributed by atoms with Gasteiger partial charge in [-0.15, -0.1) is 0 Å². The lowest BCUT2D eigenvalue weighted by Gasteiger charge is -2.11. The quantitative estimate of drug-likeness (QED) is 0.748. The van der Waals surface area contributed by atoms with Crippen molar-refractivity contribution in [1.29, 1.82) is 0 Å². The smallest absolute Gasteiger partial charge is 0.338 e. The molecule has 2 rings (SSSR count). The number of benzene rings is 1.